The van der Waals surface area contributed by atoms with Gasteiger partial charge in [0, 0.05) is 21.5 Å². The van der Waals surface area contributed by atoms with Gasteiger partial charge in [-0.1, -0.05) is 47.3 Å². The summed E-state index contributed by atoms with van der Waals surface area (Å²) in [5.74, 6) is -0.120. The number of carbonyl (C=O) groups is 1. The highest BCUT2D eigenvalue weighted by Gasteiger charge is 2.18. The Morgan fingerprint density at radius 1 is 1.22 bits per heavy atom. The van der Waals surface area contributed by atoms with Crippen LogP contribution >= 0.6 is 27.3 Å². The molecule has 3 aromatic rings. The number of rotatable bonds is 4. The summed E-state index contributed by atoms with van der Waals surface area (Å²) >= 11 is 4.88. The molecular weight excluding hydrogens is 426 g/mol. The largest absolute Gasteiger partial charge is 0.352 e. The van der Waals surface area contributed by atoms with Crippen LogP contribution in [0.2, 0.25) is 0 Å². The molecule has 2 heterocycles. The lowest BCUT2D eigenvalue weighted by Crippen LogP contribution is -2.39. The lowest BCUT2D eigenvalue weighted by atomic mass is 9.95. The first kappa shape index (κ1) is 18.4. The number of carbonyl (C=O) groups excluding carboxylic acids is 1. The number of amides is 1. The molecule has 0 bridgehead atoms. The molecule has 1 N–H and O–H groups in total. The number of thiophene rings is 1. The van der Waals surface area contributed by atoms with E-state index in [1.165, 1.54) is 28.7 Å². The van der Waals surface area contributed by atoms with Gasteiger partial charge in [0.15, 0.2) is 0 Å². The maximum atomic E-state index is 13.0. The van der Waals surface area contributed by atoms with Gasteiger partial charge in [0.25, 0.3) is 5.56 Å². The van der Waals surface area contributed by atoms with Crippen LogP contribution in [0.4, 0.5) is 0 Å². The van der Waals surface area contributed by atoms with Crippen LogP contribution in [0.1, 0.15) is 32.1 Å². The summed E-state index contributed by atoms with van der Waals surface area (Å²) in [7, 11) is 0. The molecule has 1 aliphatic carbocycles. The van der Waals surface area contributed by atoms with E-state index in [-0.39, 0.29) is 24.1 Å². The minimum absolute atomic E-state index is 0.00784. The Hall–Kier alpha value is -1.99. The van der Waals surface area contributed by atoms with Gasteiger partial charge in [0.1, 0.15) is 11.4 Å². The summed E-state index contributed by atoms with van der Waals surface area (Å²) in [4.78, 5) is 30.5. The zero-order valence-corrected chi connectivity index (χ0v) is 17.2. The van der Waals surface area contributed by atoms with Crippen LogP contribution in [0.5, 0.6) is 0 Å². The van der Waals surface area contributed by atoms with Crippen LogP contribution in [0, 0.1) is 0 Å². The Labute approximate surface area is 169 Å². The van der Waals surface area contributed by atoms with E-state index in [1.54, 1.807) is 0 Å². The fourth-order valence-corrected chi connectivity index (χ4v) is 4.77. The Bertz CT molecular complexity index is 1020. The number of nitrogens with zero attached hydrogens (tertiary/aromatic N) is 2. The summed E-state index contributed by atoms with van der Waals surface area (Å²) in [6.45, 7) is 0.00784. The Kier molecular flexibility index (Phi) is 5.41. The van der Waals surface area contributed by atoms with E-state index in [0.29, 0.717) is 10.2 Å². The lowest BCUT2D eigenvalue weighted by molar-refractivity contribution is -0.122. The van der Waals surface area contributed by atoms with Gasteiger partial charge < -0.3 is 5.32 Å². The third-order valence-electron chi connectivity index (χ3n) is 5.00. The van der Waals surface area contributed by atoms with Gasteiger partial charge in [0.2, 0.25) is 5.91 Å². The van der Waals surface area contributed by atoms with Crippen LogP contribution in [0.25, 0.3) is 21.3 Å². The van der Waals surface area contributed by atoms with Crippen molar-refractivity contribution in [2.45, 2.75) is 44.7 Å². The third-order valence-corrected chi connectivity index (χ3v) is 6.42. The van der Waals surface area contributed by atoms with Crippen LogP contribution in [0.3, 0.4) is 0 Å². The highest BCUT2D eigenvalue weighted by atomic mass is 79.9. The summed E-state index contributed by atoms with van der Waals surface area (Å²) in [5.41, 5.74) is 1.66. The zero-order chi connectivity index (χ0) is 18.8. The van der Waals surface area contributed by atoms with E-state index in [4.69, 9.17) is 0 Å². The monoisotopic (exact) mass is 445 g/mol. The minimum atomic E-state index is -0.169. The summed E-state index contributed by atoms with van der Waals surface area (Å²) < 4.78 is 2.40. The standard InChI is InChI=1S/C20H20BrN3O2S/c21-14-8-6-13(7-9-14)16-11-27-19-18(16)20(26)24(12-22-19)10-17(25)23-15-4-2-1-3-5-15/h6-9,11-12,15H,1-5,10H2,(H,23,25). The highest BCUT2D eigenvalue weighted by molar-refractivity contribution is 9.10. The number of fused-ring (bicyclic) bond motifs is 1. The molecule has 1 fully saturated rings. The Morgan fingerprint density at radius 3 is 2.70 bits per heavy atom. The van der Waals surface area contributed by atoms with Crippen molar-refractivity contribution in [3.63, 3.8) is 0 Å². The molecule has 0 radical (unpaired) electrons. The van der Waals surface area contributed by atoms with Gasteiger partial charge in [-0.2, -0.15) is 0 Å². The Morgan fingerprint density at radius 2 is 1.96 bits per heavy atom. The molecule has 2 aromatic heterocycles. The van der Waals surface area contributed by atoms with E-state index in [9.17, 15) is 9.59 Å². The molecule has 0 aliphatic heterocycles. The Balaban J connectivity index is 1.61. The summed E-state index contributed by atoms with van der Waals surface area (Å²) in [5, 5.41) is 5.59. The number of benzene rings is 1. The molecule has 0 spiro atoms. The van der Waals surface area contributed by atoms with Gasteiger partial charge in [-0.15, -0.1) is 11.3 Å². The van der Waals surface area contributed by atoms with Crippen LogP contribution in [0.15, 0.2) is 45.2 Å². The molecule has 1 aromatic carbocycles. The van der Waals surface area contributed by atoms with Crippen molar-refractivity contribution in [2.75, 3.05) is 0 Å². The second-order valence-electron chi connectivity index (χ2n) is 6.92. The molecule has 4 rings (SSSR count). The van der Waals surface area contributed by atoms with Crippen molar-refractivity contribution in [3.05, 3.63) is 50.8 Å². The molecule has 0 saturated heterocycles. The molecule has 7 heteroatoms. The quantitative estimate of drug-likeness (QED) is 0.649. The van der Waals surface area contributed by atoms with Crippen molar-refractivity contribution >= 4 is 43.4 Å². The normalized spacial score (nSPS) is 15.1. The number of hydrogen-bond acceptors (Lipinski definition) is 4. The first-order valence-electron chi connectivity index (χ1n) is 9.14. The van der Waals surface area contributed by atoms with E-state index in [2.05, 4.69) is 26.2 Å². The molecule has 140 valence electrons. The second kappa shape index (κ2) is 7.94. The SMILES string of the molecule is O=C(Cn1cnc2scc(-c3ccc(Br)cc3)c2c1=O)NC1CCCCC1. The van der Waals surface area contributed by atoms with E-state index < -0.39 is 0 Å². The van der Waals surface area contributed by atoms with Crippen molar-refractivity contribution < 1.29 is 4.79 Å². The van der Waals surface area contributed by atoms with Gasteiger partial charge in [-0.05, 0) is 30.5 Å². The number of aromatic nitrogens is 2. The average molecular weight is 446 g/mol. The van der Waals surface area contributed by atoms with Crippen molar-refractivity contribution in [1.82, 2.24) is 14.9 Å². The molecule has 5 nitrogen and oxygen atoms in total. The average Bonchev–Trinajstić information content (AvgIpc) is 3.10. The van der Waals surface area contributed by atoms with Crippen LogP contribution in [-0.4, -0.2) is 21.5 Å². The van der Waals surface area contributed by atoms with Gasteiger partial charge in [-0.3, -0.25) is 14.2 Å². The molecule has 0 unspecified atom stereocenters. The maximum Gasteiger partial charge on any atom is 0.263 e. The number of halogens is 1. The molecule has 27 heavy (non-hydrogen) atoms. The summed E-state index contributed by atoms with van der Waals surface area (Å²) in [6, 6.07) is 8.07. The van der Waals surface area contributed by atoms with Crippen molar-refractivity contribution in [2.24, 2.45) is 0 Å². The van der Waals surface area contributed by atoms with E-state index in [0.717, 1.165) is 41.3 Å². The van der Waals surface area contributed by atoms with Crippen molar-refractivity contribution in [3.8, 4) is 11.1 Å². The van der Waals surface area contributed by atoms with Gasteiger partial charge in [-0.25, -0.2) is 4.98 Å². The van der Waals surface area contributed by atoms with Gasteiger partial charge in [0.05, 0.1) is 11.7 Å². The fraction of sp³-hybridized carbons (Fsp3) is 0.350. The molecule has 1 saturated carbocycles. The number of nitrogens with one attached hydrogen (secondary N) is 1. The van der Waals surface area contributed by atoms with Crippen LogP contribution in [-0.2, 0) is 11.3 Å². The first-order valence-corrected chi connectivity index (χ1v) is 10.8. The highest BCUT2D eigenvalue weighted by Crippen LogP contribution is 2.31. The predicted molar refractivity (Wildman–Crippen MR) is 112 cm³/mol. The molecule has 1 amide bonds. The van der Waals surface area contributed by atoms with Crippen LogP contribution < -0.4 is 10.9 Å². The predicted octanol–water partition coefficient (Wildman–Crippen LogP) is 4.34. The first-order chi connectivity index (χ1) is 13.1. The lowest BCUT2D eigenvalue weighted by Gasteiger charge is -2.22. The molecule has 0 atom stereocenters. The van der Waals surface area contributed by atoms with Crippen molar-refractivity contribution in [1.29, 1.82) is 0 Å². The molecule has 1 aliphatic rings. The second-order valence-corrected chi connectivity index (χ2v) is 8.69. The number of hydrogen-bond donors (Lipinski definition) is 1. The minimum Gasteiger partial charge on any atom is -0.352 e. The topological polar surface area (TPSA) is 64.0 Å². The van der Waals surface area contributed by atoms with E-state index in [1.807, 2.05) is 29.6 Å². The van der Waals surface area contributed by atoms with Gasteiger partial charge >= 0.3 is 0 Å². The zero-order valence-electron chi connectivity index (χ0n) is 14.8. The summed E-state index contributed by atoms with van der Waals surface area (Å²) in [6.07, 6.45) is 7.08. The van der Waals surface area contributed by atoms with E-state index >= 15 is 0 Å². The smallest absolute Gasteiger partial charge is 0.263 e. The maximum absolute atomic E-state index is 13.0. The molecular formula is C20H20BrN3O2S. The fourth-order valence-electron chi connectivity index (χ4n) is 3.60. The third kappa shape index (κ3) is 3.99.